The van der Waals surface area contributed by atoms with E-state index in [0.717, 1.165) is 10.2 Å². The van der Waals surface area contributed by atoms with Gasteiger partial charge >= 0.3 is 0 Å². The molecule has 0 spiro atoms. The molecule has 0 radical (unpaired) electrons. The molecular formula is C13H19BrClN3O3. The SMILES string of the molecule is CN(CCOc1ccc(Br)cc1)C(=O)C(N)CC(N)=O.Cl. The Morgan fingerprint density at radius 2 is 1.90 bits per heavy atom. The normalized spacial score (nSPS) is 11.2. The largest absolute Gasteiger partial charge is 0.492 e. The zero-order valence-electron chi connectivity index (χ0n) is 11.6. The van der Waals surface area contributed by atoms with Gasteiger partial charge in [0.2, 0.25) is 11.8 Å². The third kappa shape index (κ3) is 7.31. The summed E-state index contributed by atoms with van der Waals surface area (Å²) in [4.78, 5) is 23.9. The van der Waals surface area contributed by atoms with E-state index in [4.69, 9.17) is 16.2 Å². The molecule has 6 nitrogen and oxygen atoms in total. The molecule has 1 rings (SSSR count). The Kier molecular flexibility index (Phi) is 9.00. The minimum absolute atomic E-state index is 0. The lowest BCUT2D eigenvalue weighted by molar-refractivity contribution is -0.133. The number of carbonyl (C=O) groups excluding carboxylic acids is 2. The maximum absolute atomic E-state index is 11.8. The molecule has 8 heteroatoms. The first-order valence-electron chi connectivity index (χ1n) is 6.07. The van der Waals surface area contributed by atoms with E-state index in [1.807, 2.05) is 24.3 Å². The molecule has 1 aromatic rings. The van der Waals surface area contributed by atoms with Crippen molar-refractivity contribution in [3.63, 3.8) is 0 Å². The summed E-state index contributed by atoms with van der Waals surface area (Å²) < 4.78 is 6.46. The van der Waals surface area contributed by atoms with Crippen molar-refractivity contribution in [1.82, 2.24) is 4.90 Å². The van der Waals surface area contributed by atoms with Gasteiger partial charge in [0.25, 0.3) is 0 Å². The molecule has 4 N–H and O–H groups in total. The highest BCUT2D eigenvalue weighted by Crippen LogP contribution is 2.15. The molecule has 0 aliphatic rings. The van der Waals surface area contributed by atoms with Crippen molar-refractivity contribution in [2.45, 2.75) is 12.5 Å². The Labute approximate surface area is 138 Å². The first-order chi connectivity index (χ1) is 9.40. The van der Waals surface area contributed by atoms with Gasteiger partial charge in [0.15, 0.2) is 0 Å². The van der Waals surface area contributed by atoms with Gasteiger partial charge in [-0.25, -0.2) is 0 Å². The standard InChI is InChI=1S/C13H18BrN3O3.ClH/c1-17(13(19)11(15)8-12(16)18)6-7-20-10-4-2-9(14)3-5-10;/h2-5,11H,6-8,15H2,1H3,(H2,16,18);1H. The van der Waals surface area contributed by atoms with Crippen molar-refractivity contribution in [2.24, 2.45) is 11.5 Å². The van der Waals surface area contributed by atoms with E-state index < -0.39 is 11.9 Å². The van der Waals surface area contributed by atoms with Gasteiger partial charge in [-0.05, 0) is 24.3 Å². The van der Waals surface area contributed by atoms with Crippen LogP contribution in [0.2, 0.25) is 0 Å². The molecule has 0 heterocycles. The van der Waals surface area contributed by atoms with Crippen molar-refractivity contribution >= 4 is 40.2 Å². The summed E-state index contributed by atoms with van der Waals surface area (Å²) in [7, 11) is 1.61. The van der Waals surface area contributed by atoms with Crippen LogP contribution in [-0.4, -0.2) is 43.0 Å². The van der Waals surface area contributed by atoms with E-state index in [0.29, 0.717) is 13.2 Å². The number of hydrogen-bond acceptors (Lipinski definition) is 4. The zero-order chi connectivity index (χ0) is 15.1. The summed E-state index contributed by atoms with van der Waals surface area (Å²) in [6, 6.07) is 6.49. The van der Waals surface area contributed by atoms with Gasteiger partial charge < -0.3 is 21.1 Å². The topological polar surface area (TPSA) is 98.7 Å². The van der Waals surface area contributed by atoms with Crippen LogP contribution < -0.4 is 16.2 Å². The molecule has 0 aromatic heterocycles. The van der Waals surface area contributed by atoms with E-state index >= 15 is 0 Å². The summed E-state index contributed by atoms with van der Waals surface area (Å²) in [5.74, 6) is -0.205. The highest BCUT2D eigenvalue weighted by atomic mass is 79.9. The molecule has 118 valence electrons. The maximum atomic E-state index is 11.8. The molecule has 21 heavy (non-hydrogen) atoms. The predicted octanol–water partition coefficient (Wildman–Crippen LogP) is 0.911. The molecule has 1 unspecified atom stereocenters. The van der Waals surface area contributed by atoms with E-state index in [-0.39, 0.29) is 24.7 Å². The zero-order valence-corrected chi connectivity index (χ0v) is 14.0. The quantitative estimate of drug-likeness (QED) is 0.734. The lowest BCUT2D eigenvalue weighted by Gasteiger charge is -2.20. The second kappa shape index (κ2) is 9.59. The van der Waals surface area contributed by atoms with Gasteiger partial charge in [0, 0.05) is 11.5 Å². The third-order valence-electron chi connectivity index (χ3n) is 2.62. The fourth-order valence-electron chi connectivity index (χ4n) is 1.53. The number of hydrogen-bond donors (Lipinski definition) is 2. The Balaban J connectivity index is 0.00000400. The monoisotopic (exact) mass is 379 g/mol. The number of carbonyl (C=O) groups is 2. The van der Waals surface area contributed by atoms with Crippen LogP contribution in [0.4, 0.5) is 0 Å². The van der Waals surface area contributed by atoms with E-state index in [1.165, 1.54) is 4.90 Å². The van der Waals surface area contributed by atoms with Gasteiger partial charge in [0.05, 0.1) is 19.0 Å². The van der Waals surface area contributed by atoms with E-state index in [9.17, 15) is 9.59 Å². The van der Waals surface area contributed by atoms with E-state index in [1.54, 1.807) is 7.05 Å². The number of halogens is 2. The van der Waals surface area contributed by atoms with Gasteiger partial charge in [-0.15, -0.1) is 12.4 Å². The number of amides is 2. The lowest BCUT2D eigenvalue weighted by atomic mass is 10.2. The number of primary amides is 1. The van der Waals surface area contributed by atoms with Crippen molar-refractivity contribution in [1.29, 1.82) is 0 Å². The number of likely N-dealkylation sites (N-methyl/N-ethyl adjacent to an activating group) is 1. The summed E-state index contributed by atoms with van der Waals surface area (Å²) in [6.45, 7) is 0.717. The number of nitrogens with zero attached hydrogens (tertiary/aromatic N) is 1. The molecule has 0 aliphatic heterocycles. The van der Waals surface area contributed by atoms with Crippen LogP contribution >= 0.6 is 28.3 Å². The van der Waals surface area contributed by atoms with Crippen molar-refractivity contribution < 1.29 is 14.3 Å². The summed E-state index contributed by atoms with van der Waals surface area (Å²) in [6.07, 6.45) is -0.156. The Bertz CT molecular complexity index is 470. The lowest BCUT2D eigenvalue weighted by Crippen LogP contribution is -2.45. The third-order valence-corrected chi connectivity index (χ3v) is 3.15. The Hall–Kier alpha value is -1.31. The molecular weight excluding hydrogens is 362 g/mol. The van der Waals surface area contributed by atoms with Crippen molar-refractivity contribution in [2.75, 3.05) is 20.2 Å². The van der Waals surface area contributed by atoms with Gasteiger partial charge in [-0.2, -0.15) is 0 Å². The first kappa shape index (κ1) is 19.7. The number of ether oxygens (including phenoxy) is 1. The van der Waals surface area contributed by atoms with Crippen LogP contribution in [-0.2, 0) is 9.59 Å². The fraction of sp³-hybridized carbons (Fsp3) is 0.385. The molecule has 0 aliphatic carbocycles. The molecule has 0 saturated carbocycles. The minimum Gasteiger partial charge on any atom is -0.492 e. The summed E-state index contributed by atoms with van der Waals surface area (Å²) in [5.41, 5.74) is 10.6. The van der Waals surface area contributed by atoms with Crippen LogP contribution in [0.5, 0.6) is 5.75 Å². The first-order valence-corrected chi connectivity index (χ1v) is 6.86. The number of benzene rings is 1. The van der Waals surface area contributed by atoms with Crippen LogP contribution in [0.25, 0.3) is 0 Å². The predicted molar refractivity (Wildman–Crippen MR) is 86.3 cm³/mol. The molecule has 1 aromatic carbocycles. The summed E-state index contributed by atoms with van der Waals surface area (Å²) in [5, 5.41) is 0. The number of nitrogens with two attached hydrogens (primary N) is 2. The van der Waals surface area contributed by atoms with Gasteiger partial charge in [0.1, 0.15) is 12.4 Å². The molecule has 0 bridgehead atoms. The number of rotatable bonds is 7. The highest BCUT2D eigenvalue weighted by molar-refractivity contribution is 9.10. The van der Waals surface area contributed by atoms with Crippen LogP contribution in [0.15, 0.2) is 28.7 Å². The van der Waals surface area contributed by atoms with Crippen LogP contribution in [0, 0.1) is 0 Å². The average Bonchev–Trinajstić information content (AvgIpc) is 2.39. The van der Waals surface area contributed by atoms with Gasteiger partial charge in [-0.1, -0.05) is 15.9 Å². The van der Waals surface area contributed by atoms with Crippen LogP contribution in [0.1, 0.15) is 6.42 Å². The highest BCUT2D eigenvalue weighted by Gasteiger charge is 2.19. The molecule has 0 fully saturated rings. The van der Waals surface area contributed by atoms with Gasteiger partial charge in [-0.3, -0.25) is 9.59 Å². The fourth-order valence-corrected chi connectivity index (χ4v) is 1.79. The minimum atomic E-state index is -0.898. The second-order valence-corrected chi connectivity index (χ2v) is 5.25. The summed E-state index contributed by atoms with van der Waals surface area (Å²) >= 11 is 3.33. The van der Waals surface area contributed by atoms with Crippen LogP contribution in [0.3, 0.4) is 0 Å². The average molecular weight is 381 g/mol. The smallest absolute Gasteiger partial charge is 0.239 e. The van der Waals surface area contributed by atoms with Crippen molar-refractivity contribution in [3.8, 4) is 5.75 Å². The molecule has 2 amide bonds. The molecule has 0 saturated heterocycles. The Morgan fingerprint density at radius 3 is 2.43 bits per heavy atom. The van der Waals surface area contributed by atoms with E-state index in [2.05, 4.69) is 15.9 Å². The maximum Gasteiger partial charge on any atom is 0.239 e. The second-order valence-electron chi connectivity index (χ2n) is 4.34. The Morgan fingerprint density at radius 1 is 1.33 bits per heavy atom. The molecule has 1 atom stereocenters. The van der Waals surface area contributed by atoms with Crippen molar-refractivity contribution in [3.05, 3.63) is 28.7 Å².